The van der Waals surface area contributed by atoms with Crippen molar-refractivity contribution in [3.8, 4) is 17.0 Å². The van der Waals surface area contributed by atoms with E-state index in [-0.39, 0.29) is 17.7 Å². The molecule has 1 aromatic heterocycles. The van der Waals surface area contributed by atoms with Crippen LogP contribution in [0.2, 0.25) is 0 Å². The highest BCUT2D eigenvalue weighted by Gasteiger charge is 2.38. The number of rotatable bonds is 2. The fourth-order valence-electron chi connectivity index (χ4n) is 4.58. The number of phenolic OH excluding ortho intramolecular Hbond substituents is 1. The molecule has 3 aliphatic rings. The predicted octanol–water partition coefficient (Wildman–Crippen LogP) is 2.65. The summed E-state index contributed by atoms with van der Waals surface area (Å²) in [6.45, 7) is 1.96. The summed E-state index contributed by atoms with van der Waals surface area (Å²) in [7, 11) is 0. The van der Waals surface area contributed by atoms with Gasteiger partial charge in [-0.1, -0.05) is 12.1 Å². The zero-order valence-electron chi connectivity index (χ0n) is 15.7. The highest BCUT2D eigenvalue weighted by molar-refractivity contribution is 5.85. The Labute approximate surface area is 164 Å². The molecule has 3 N–H and O–H groups in total. The largest absolute Gasteiger partial charge is 0.507 e. The van der Waals surface area contributed by atoms with E-state index >= 15 is 0 Å². The van der Waals surface area contributed by atoms with Crippen LogP contribution in [-0.2, 0) is 4.79 Å². The summed E-state index contributed by atoms with van der Waals surface area (Å²) in [5.74, 6) is 1.27. The molecule has 144 valence electrons. The standard InChI is InChI=1S/C22H24N4O2/c27-20-6-2-1-5-16(20)17-8-7-14-12-18-19(9-10-21(28)24-18)26(22(14)25-17)15-4-3-11-23-13-15/h1-2,5-8,12,15,19,23,27H,3-4,9-11,13H2,(H,24,28). The average Bonchev–Trinajstić information content (AvgIpc) is 2.72. The van der Waals surface area contributed by atoms with Crippen LogP contribution < -0.4 is 15.5 Å². The summed E-state index contributed by atoms with van der Waals surface area (Å²) >= 11 is 0. The second kappa shape index (κ2) is 6.95. The van der Waals surface area contributed by atoms with Crippen molar-refractivity contribution in [2.75, 3.05) is 18.0 Å². The van der Waals surface area contributed by atoms with Gasteiger partial charge in [0.25, 0.3) is 0 Å². The Kier molecular flexibility index (Phi) is 4.28. The van der Waals surface area contributed by atoms with E-state index in [0.29, 0.717) is 12.5 Å². The van der Waals surface area contributed by atoms with E-state index in [4.69, 9.17) is 4.98 Å². The third-order valence-electron chi connectivity index (χ3n) is 5.93. The monoisotopic (exact) mass is 376 g/mol. The molecule has 3 aliphatic heterocycles. The Morgan fingerprint density at radius 3 is 2.86 bits per heavy atom. The van der Waals surface area contributed by atoms with Crippen molar-refractivity contribution in [3.63, 3.8) is 0 Å². The summed E-state index contributed by atoms with van der Waals surface area (Å²) in [4.78, 5) is 19.4. The molecule has 2 aromatic rings. The molecule has 2 saturated heterocycles. The molecule has 2 fully saturated rings. The molecule has 2 atom stereocenters. The molecule has 0 radical (unpaired) electrons. The molecule has 0 saturated carbocycles. The van der Waals surface area contributed by atoms with Crippen LogP contribution in [0.15, 0.2) is 42.1 Å². The van der Waals surface area contributed by atoms with E-state index in [1.165, 1.54) is 0 Å². The van der Waals surface area contributed by atoms with E-state index in [1.54, 1.807) is 6.07 Å². The van der Waals surface area contributed by atoms with Gasteiger partial charge in [-0.2, -0.15) is 0 Å². The number of hydrogen-bond acceptors (Lipinski definition) is 5. The van der Waals surface area contributed by atoms with Crippen molar-refractivity contribution in [2.45, 2.75) is 37.8 Å². The smallest absolute Gasteiger partial charge is 0.224 e. The third-order valence-corrected chi connectivity index (χ3v) is 5.93. The highest BCUT2D eigenvalue weighted by atomic mass is 16.3. The van der Waals surface area contributed by atoms with Crippen molar-refractivity contribution < 1.29 is 9.90 Å². The van der Waals surface area contributed by atoms with Crippen LogP contribution >= 0.6 is 0 Å². The number of aromatic hydroxyl groups is 1. The second-order valence-corrected chi connectivity index (χ2v) is 7.74. The van der Waals surface area contributed by atoms with Gasteiger partial charge in [-0.25, -0.2) is 4.98 Å². The number of carbonyl (C=O) groups excluding carboxylic acids is 1. The van der Waals surface area contributed by atoms with Crippen LogP contribution in [0, 0.1) is 0 Å². The summed E-state index contributed by atoms with van der Waals surface area (Å²) in [5.41, 5.74) is 3.49. The maximum atomic E-state index is 12.0. The molecule has 2 unspecified atom stereocenters. The van der Waals surface area contributed by atoms with E-state index < -0.39 is 0 Å². The molecular weight excluding hydrogens is 352 g/mol. The van der Waals surface area contributed by atoms with Gasteiger partial charge in [0.2, 0.25) is 5.91 Å². The van der Waals surface area contributed by atoms with Crippen LogP contribution in [0.1, 0.15) is 31.2 Å². The molecule has 28 heavy (non-hydrogen) atoms. The van der Waals surface area contributed by atoms with Crippen LogP contribution in [0.4, 0.5) is 5.82 Å². The van der Waals surface area contributed by atoms with Crippen LogP contribution in [0.5, 0.6) is 5.75 Å². The van der Waals surface area contributed by atoms with E-state index in [1.807, 2.05) is 30.3 Å². The normalized spacial score (nSPS) is 24.1. The lowest BCUT2D eigenvalue weighted by atomic mass is 9.91. The van der Waals surface area contributed by atoms with Crippen molar-refractivity contribution in [2.24, 2.45) is 0 Å². The third kappa shape index (κ3) is 2.94. The Balaban J connectivity index is 1.62. The summed E-state index contributed by atoms with van der Waals surface area (Å²) in [6, 6.07) is 11.8. The minimum absolute atomic E-state index is 0.0893. The predicted molar refractivity (Wildman–Crippen MR) is 109 cm³/mol. The van der Waals surface area contributed by atoms with Crippen molar-refractivity contribution in [1.82, 2.24) is 15.6 Å². The lowest BCUT2D eigenvalue weighted by Crippen LogP contribution is -2.56. The molecular formula is C22H24N4O2. The number of hydrogen-bond donors (Lipinski definition) is 3. The van der Waals surface area contributed by atoms with Gasteiger partial charge in [0.15, 0.2) is 0 Å². The Hall–Kier alpha value is -2.86. The van der Waals surface area contributed by atoms with Gasteiger partial charge in [0.05, 0.1) is 11.7 Å². The number of piperidine rings is 2. The number of aromatic nitrogens is 1. The fraction of sp³-hybridized carbons (Fsp3) is 0.364. The van der Waals surface area contributed by atoms with Crippen molar-refractivity contribution in [1.29, 1.82) is 0 Å². The number of para-hydroxylation sites is 1. The van der Waals surface area contributed by atoms with Gasteiger partial charge in [0, 0.05) is 35.8 Å². The molecule has 6 nitrogen and oxygen atoms in total. The quantitative estimate of drug-likeness (QED) is 0.751. The number of phenols is 1. The zero-order valence-corrected chi connectivity index (χ0v) is 15.7. The Morgan fingerprint density at radius 1 is 1.14 bits per heavy atom. The number of pyridine rings is 1. The maximum absolute atomic E-state index is 12.0. The Morgan fingerprint density at radius 2 is 2.04 bits per heavy atom. The lowest BCUT2D eigenvalue weighted by molar-refractivity contribution is -0.121. The molecule has 4 heterocycles. The van der Waals surface area contributed by atoms with Crippen LogP contribution in [0.3, 0.4) is 0 Å². The van der Waals surface area contributed by atoms with Gasteiger partial charge in [-0.15, -0.1) is 0 Å². The first-order valence-corrected chi connectivity index (χ1v) is 10.0. The number of nitrogens with zero attached hydrogens (tertiary/aromatic N) is 2. The SMILES string of the molecule is O=C1CCC2C(=Cc3ccc(-c4ccccc4O)nc3N2C2CCCNC2)N1. The lowest BCUT2D eigenvalue weighted by Gasteiger charge is -2.46. The highest BCUT2D eigenvalue weighted by Crippen LogP contribution is 2.39. The molecule has 0 bridgehead atoms. The van der Waals surface area contributed by atoms with Gasteiger partial charge >= 0.3 is 0 Å². The first-order valence-electron chi connectivity index (χ1n) is 10.0. The number of amides is 1. The molecule has 6 heteroatoms. The number of nitrogens with one attached hydrogen (secondary N) is 2. The summed E-state index contributed by atoms with van der Waals surface area (Å²) in [5, 5.41) is 16.9. The van der Waals surface area contributed by atoms with Crippen LogP contribution in [-0.4, -0.2) is 41.2 Å². The van der Waals surface area contributed by atoms with Gasteiger partial charge in [-0.05, 0) is 56.1 Å². The number of anilines is 1. The van der Waals surface area contributed by atoms with E-state index in [0.717, 1.165) is 60.7 Å². The zero-order chi connectivity index (χ0) is 19.1. The summed E-state index contributed by atoms with van der Waals surface area (Å²) < 4.78 is 0. The number of benzene rings is 1. The molecule has 1 amide bonds. The van der Waals surface area contributed by atoms with Crippen molar-refractivity contribution in [3.05, 3.63) is 47.7 Å². The first kappa shape index (κ1) is 17.3. The molecule has 5 rings (SSSR count). The molecule has 1 aromatic carbocycles. The minimum atomic E-state index is 0.0893. The minimum Gasteiger partial charge on any atom is -0.507 e. The summed E-state index contributed by atoms with van der Waals surface area (Å²) in [6.07, 6.45) is 5.63. The number of carbonyl (C=O) groups is 1. The van der Waals surface area contributed by atoms with E-state index in [9.17, 15) is 9.90 Å². The fourth-order valence-corrected chi connectivity index (χ4v) is 4.58. The van der Waals surface area contributed by atoms with E-state index in [2.05, 4.69) is 21.6 Å². The van der Waals surface area contributed by atoms with Crippen molar-refractivity contribution >= 4 is 17.8 Å². The Bertz CT molecular complexity index is 949. The number of fused-ring (bicyclic) bond motifs is 2. The topological polar surface area (TPSA) is 77.5 Å². The molecule has 0 aliphatic carbocycles. The second-order valence-electron chi connectivity index (χ2n) is 7.74. The molecule has 0 spiro atoms. The van der Waals surface area contributed by atoms with Gasteiger partial charge < -0.3 is 20.6 Å². The first-order chi connectivity index (χ1) is 13.7. The van der Waals surface area contributed by atoms with Crippen LogP contribution in [0.25, 0.3) is 17.3 Å². The average molecular weight is 376 g/mol. The maximum Gasteiger partial charge on any atom is 0.224 e. The van der Waals surface area contributed by atoms with Gasteiger partial charge in [0.1, 0.15) is 11.6 Å². The van der Waals surface area contributed by atoms with Gasteiger partial charge in [-0.3, -0.25) is 4.79 Å².